The Hall–Kier alpha value is -2.12. The Balaban J connectivity index is 2.49. The molecule has 0 saturated carbocycles. The average molecular weight is 358 g/mol. The van der Waals surface area contributed by atoms with Gasteiger partial charge in [-0.25, -0.2) is 12.8 Å². The summed E-state index contributed by atoms with van der Waals surface area (Å²) in [4.78, 5) is 11.5. The van der Waals surface area contributed by atoms with Crippen LogP contribution in [0.15, 0.2) is 53.4 Å². The fourth-order valence-corrected chi connectivity index (χ4v) is 3.37. The maximum Gasteiger partial charge on any atom is 0.326 e. The lowest BCUT2D eigenvalue weighted by Crippen LogP contribution is -2.36. The Morgan fingerprint density at radius 2 is 1.70 bits per heavy atom. The topological polar surface area (TPSA) is 63.7 Å². The van der Waals surface area contributed by atoms with E-state index in [9.17, 15) is 17.6 Å². The highest BCUT2D eigenvalue weighted by molar-refractivity contribution is 7.92. The second kappa shape index (κ2) is 6.97. The molecule has 0 amide bonds. The first-order valence-corrected chi connectivity index (χ1v) is 8.27. The molecule has 0 spiro atoms. The number of ether oxygens (including phenoxy) is 1. The van der Waals surface area contributed by atoms with Gasteiger partial charge in [0, 0.05) is 5.02 Å². The van der Waals surface area contributed by atoms with E-state index in [0.29, 0.717) is 5.02 Å². The molecule has 0 aliphatic heterocycles. The smallest absolute Gasteiger partial charge is 0.326 e. The number of carbonyl (C=O) groups excluding carboxylic acids is 1. The van der Waals surface area contributed by atoms with Crippen LogP contribution in [0.5, 0.6) is 0 Å². The monoisotopic (exact) mass is 357 g/mol. The molecule has 0 heterocycles. The molecule has 0 bridgehead atoms. The molecule has 0 saturated heterocycles. The molecule has 5 nitrogen and oxygen atoms in total. The van der Waals surface area contributed by atoms with Gasteiger partial charge < -0.3 is 4.74 Å². The molecule has 0 radical (unpaired) electrons. The highest BCUT2D eigenvalue weighted by Crippen LogP contribution is 2.25. The molecule has 2 aromatic rings. The fourth-order valence-electron chi connectivity index (χ4n) is 1.84. The Labute approximate surface area is 138 Å². The molecule has 23 heavy (non-hydrogen) atoms. The van der Waals surface area contributed by atoms with E-state index in [1.165, 1.54) is 36.4 Å². The van der Waals surface area contributed by atoms with Crippen LogP contribution in [0.25, 0.3) is 0 Å². The van der Waals surface area contributed by atoms with Crippen LogP contribution in [0.2, 0.25) is 5.02 Å². The summed E-state index contributed by atoms with van der Waals surface area (Å²) < 4.78 is 44.0. The number of nitrogens with zero attached hydrogens (tertiary/aromatic N) is 1. The molecule has 0 fully saturated rings. The maximum atomic E-state index is 13.1. The third-order valence-electron chi connectivity index (χ3n) is 3.02. The lowest BCUT2D eigenvalue weighted by molar-refractivity contribution is -0.138. The van der Waals surface area contributed by atoms with Crippen molar-refractivity contribution in [3.8, 4) is 0 Å². The molecule has 0 atom stereocenters. The van der Waals surface area contributed by atoms with Gasteiger partial charge in [0.05, 0.1) is 17.7 Å². The Morgan fingerprint density at radius 3 is 2.22 bits per heavy atom. The largest absolute Gasteiger partial charge is 0.468 e. The lowest BCUT2D eigenvalue weighted by atomic mass is 10.3. The van der Waals surface area contributed by atoms with Gasteiger partial charge in [-0.2, -0.15) is 0 Å². The summed E-state index contributed by atoms with van der Waals surface area (Å²) in [5.41, 5.74) is 0.145. The number of hydrogen-bond donors (Lipinski definition) is 0. The van der Waals surface area contributed by atoms with E-state index < -0.39 is 28.4 Å². The summed E-state index contributed by atoms with van der Waals surface area (Å²) in [7, 11) is -2.88. The molecule has 2 rings (SSSR count). The van der Waals surface area contributed by atoms with E-state index in [0.717, 1.165) is 23.5 Å². The average Bonchev–Trinajstić information content (AvgIpc) is 2.53. The van der Waals surface area contributed by atoms with Crippen LogP contribution >= 0.6 is 11.6 Å². The summed E-state index contributed by atoms with van der Waals surface area (Å²) in [6.45, 7) is -0.535. The number of halogens is 2. The first-order valence-electron chi connectivity index (χ1n) is 6.45. The molecule has 0 aliphatic rings. The van der Waals surface area contributed by atoms with Crippen molar-refractivity contribution in [2.24, 2.45) is 0 Å². The number of sulfonamides is 1. The van der Waals surface area contributed by atoms with Crippen molar-refractivity contribution in [1.82, 2.24) is 0 Å². The second-order valence-electron chi connectivity index (χ2n) is 4.52. The van der Waals surface area contributed by atoms with Gasteiger partial charge in [-0.15, -0.1) is 0 Å². The summed E-state index contributed by atoms with van der Waals surface area (Å²) in [5, 5.41) is 0.380. The molecule has 0 aliphatic carbocycles. The number of anilines is 1. The van der Waals surface area contributed by atoms with Crippen molar-refractivity contribution in [2.45, 2.75) is 4.90 Å². The molecule has 0 aromatic heterocycles. The van der Waals surface area contributed by atoms with E-state index in [1.807, 2.05) is 0 Å². The fraction of sp³-hybridized carbons (Fsp3) is 0.133. The number of rotatable bonds is 5. The zero-order valence-electron chi connectivity index (χ0n) is 12.1. The van der Waals surface area contributed by atoms with Gasteiger partial charge in [0.25, 0.3) is 10.0 Å². The van der Waals surface area contributed by atoms with Gasteiger partial charge in [0.15, 0.2) is 0 Å². The quantitative estimate of drug-likeness (QED) is 0.772. The van der Waals surface area contributed by atoms with Crippen molar-refractivity contribution in [3.63, 3.8) is 0 Å². The van der Waals surface area contributed by atoms with Crippen molar-refractivity contribution in [1.29, 1.82) is 0 Å². The summed E-state index contributed by atoms with van der Waals surface area (Å²) in [6.07, 6.45) is 0. The maximum absolute atomic E-state index is 13.1. The van der Waals surface area contributed by atoms with E-state index in [1.54, 1.807) is 0 Å². The minimum atomic E-state index is -4.04. The number of methoxy groups -OCH3 is 1. The van der Waals surface area contributed by atoms with Crippen molar-refractivity contribution in [3.05, 3.63) is 59.4 Å². The Kier molecular flexibility index (Phi) is 5.23. The van der Waals surface area contributed by atoms with E-state index in [2.05, 4.69) is 4.74 Å². The van der Waals surface area contributed by atoms with Gasteiger partial charge in [-0.05, 0) is 48.5 Å². The minimum Gasteiger partial charge on any atom is -0.468 e. The molecular weight excluding hydrogens is 345 g/mol. The van der Waals surface area contributed by atoms with Gasteiger partial charge >= 0.3 is 5.97 Å². The first-order chi connectivity index (χ1) is 10.8. The van der Waals surface area contributed by atoms with Crippen LogP contribution in [0.3, 0.4) is 0 Å². The number of carbonyl (C=O) groups is 1. The van der Waals surface area contributed by atoms with E-state index in [4.69, 9.17) is 11.6 Å². The van der Waals surface area contributed by atoms with E-state index in [-0.39, 0.29) is 10.6 Å². The second-order valence-corrected chi connectivity index (χ2v) is 6.82. The summed E-state index contributed by atoms with van der Waals surface area (Å²) in [6, 6.07) is 10.3. The van der Waals surface area contributed by atoms with Crippen LogP contribution in [-0.4, -0.2) is 28.0 Å². The molecule has 122 valence electrons. The molecule has 0 N–H and O–H groups in total. The molecule has 2 aromatic carbocycles. The lowest BCUT2D eigenvalue weighted by Gasteiger charge is -2.23. The summed E-state index contributed by atoms with van der Waals surface area (Å²) >= 11 is 5.76. The third-order valence-corrected chi connectivity index (χ3v) is 5.06. The molecular formula is C15H13ClFNO4S. The third kappa shape index (κ3) is 4.00. The molecule has 8 heteroatoms. The van der Waals surface area contributed by atoms with Gasteiger partial charge in [-0.3, -0.25) is 9.10 Å². The Bertz CT molecular complexity index is 791. The van der Waals surface area contributed by atoms with Gasteiger partial charge in [-0.1, -0.05) is 11.6 Å². The predicted molar refractivity (Wildman–Crippen MR) is 84.4 cm³/mol. The zero-order chi connectivity index (χ0) is 17.0. The van der Waals surface area contributed by atoms with Crippen LogP contribution < -0.4 is 4.31 Å². The van der Waals surface area contributed by atoms with Crippen LogP contribution in [0.4, 0.5) is 10.1 Å². The van der Waals surface area contributed by atoms with Crippen molar-refractivity contribution in [2.75, 3.05) is 18.0 Å². The number of hydrogen-bond acceptors (Lipinski definition) is 4. The zero-order valence-corrected chi connectivity index (χ0v) is 13.6. The van der Waals surface area contributed by atoms with Gasteiger partial charge in [0.1, 0.15) is 12.4 Å². The molecule has 0 unspecified atom stereocenters. The predicted octanol–water partition coefficient (Wildman–Crippen LogP) is 2.85. The standard InChI is InChI=1S/C15H13ClFNO4S/c1-22-15(19)10-18(13-6-4-12(17)5-7-13)23(20,21)14-8-2-11(16)3-9-14/h2-9H,10H2,1H3. The van der Waals surface area contributed by atoms with Crippen molar-refractivity contribution >= 4 is 33.3 Å². The first kappa shape index (κ1) is 17.2. The van der Waals surface area contributed by atoms with Crippen molar-refractivity contribution < 1.29 is 22.3 Å². The number of benzene rings is 2. The highest BCUT2D eigenvalue weighted by atomic mass is 35.5. The normalized spacial score (nSPS) is 11.1. The minimum absolute atomic E-state index is 0.0462. The highest BCUT2D eigenvalue weighted by Gasteiger charge is 2.27. The Morgan fingerprint density at radius 1 is 1.13 bits per heavy atom. The summed E-state index contributed by atoms with van der Waals surface area (Å²) in [5.74, 6) is -1.26. The SMILES string of the molecule is COC(=O)CN(c1ccc(F)cc1)S(=O)(=O)c1ccc(Cl)cc1. The van der Waals surface area contributed by atoms with Crippen LogP contribution in [0.1, 0.15) is 0 Å². The van der Waals surface area contributed by atoms with Crippen LogP contribution in [0, 0.1) is 5.82 Å². The van der Waals surface area contributed by atoms with Crippen LogP contribution in [-0.2, 0) is 19.6 Å². The van der Waals surface area contributed by atoms with E-state index >= 15 is 0 Å². The van der Waals surface area contributed by atoms with Gasteiger partial charge in [0.2, 0.25) is 0 Å². The number of esters is 1.